The highest BCUT2D eigenvalue weighted by Crippen LogP contribution is 2.26. The van der Waals surface area contributed by atoms with Crippen molar-refractivity contribution in [1.29, 1.82) is 0 Å². The maximum Gasteiger partial charge on any atom is 0.106 e. The first-order valence-corrected chi connectivity index (χ1v) is 4.59. The van der Waals surface area contributed by atoms with Gasteiger partial charge < -0.3 is 14.9 Å². The number of rotatable bonds is 1. The van der Waals surface area contributed by atoms with E-state index in [2.05, 4.69) is 0 Å². The van der Waals surface area contributed by atoms with Crippen molar-refractivity contribution in [2.45, 2.75) is 51.6 Å². The molecule has 12 heavy (non-hydrogen) atoms. The molecule has 3 unspecified atom stereocenters. The summed E-state index contributed by atoms with van der Waals surface area (Å²) < 4.78 is 5.52. The van der Waals surface area contributed by atoms with Crippen LogP contribution in [0, 0.1) is 5.92 Å². The van der Waals surface area contributed by atoms with E-state index < -0.39 is 12.2 Å². The van der Waals surface area contributed by atoms with E-state index in [1.807, 2.05) is 20.8 Å². The van der Waals surface area contributed by atoms with Crippen molar-refractivity contribution in [3.05, 3.63) is 0 Å². The van der Waals surface area contributed by atoms with E-state index >= 15 is 0 Å². The molecule has 3 nitrogen and oxygen atoms in total. The molecule has 0 bridgehead atoms. The van der Waals surface area contributed by atoms with Crippen molar-refractivity contribution < 1.29 is 14.9 Å². The quantitative estimate of drug-likeness (QED) is 0.610. The third-order valence-corrected chi connectivity index (χ3v) is 2.80. The lowest BCUT2D eigenvalue weighted by Crippen LogP contribution is -2.52. The van der Waals surface area contributed by atoms with Gasteiger partial charge in [0, 0.05) is 5.92 Å². The van der Waals surface area contributed by atoms with E-state index in [9.17, 15) is 10.2 Å². The zero-order valence-electron chi connectivity index (χ0n) is 7.90. The second kappa shape index (κ2) is 3.73. The number of aliphatic hydroxyl groups is 2. The molecule has 3 heteroatoms. The molecule has 1 aliphatic heterocycles. The molecule has 2 N–H and O–H groups in total. The number of ether oxygens (including phenoxy) is 1. The maximum absolute atomic E-state index is 9.59. The van der Waals surface area contributed by atoms with Crippen molar-refractivity contribution in [2.24, 2.45) is 5.92 Å². The Hall–Kier alpha value is -0.120. The normalized spacial score (nSPS) is 49.2. The Bertz CT molecular complexity index is 144. The van der Waals surface area contributed by atoms with Crippen LogP contribution < -0.4 is 0 Å². The van der Waals surface area contributed by atoms with Crippen LogP contribution in [-0.4, -0.2) is 34.6 Å². The Morgan fingerprint density at radius 2 is 1.75 bits per heavy atom. The van der Waals surface area contributed by atoms with Crippen LogP contribution in [0.15, 0.2) is 0 Å². The van der Waals surface area contributed by atoms with E-state index in [1.165, 1.54) is 0 Å². The van der Waals surface area contributed by atoms with Gasteiger partial charge in [-0.25, -0.2) is 0 Å². The van der Waals surface area contributed by atoms with E-state index in [0.29, 0.717) is 0 Å². The summed E-state index contributed by atoms with van der Waals surface area (Å²) >= 11 is 0. The number of hydrogen-bond acceptors (Lipinski definition) is 3. The first-order valence-electron chi connectivity index (χ1n) is 4.59. The molecule has 0 spiro atoms. The van der Waals surface area contributed by atoms with Crippen LogP contribution in [0.3, 0.4) is 0 Å². The number of aliphatic hydroxyl groups excluding tert-OH is 2. The number of hydrogen-bond donors (Lipinski definition) is 2. The minimum atomic E-state index is -0.721. The lowest BCUT2D eigenvalue weighted by molar-refractivity contribution is -0.191. The highest BCUT2D eigenvalue weighted by Gasteiger charge is 2.38. The summed E-state index contributed by atoms with van der Waals surface area (Å²) in [5.41, 5.74) is 0. The summed E-state index contributed by atoms with van der Waals surface area (Å²) in [6.07, 6.45) is -0.783. The molecule has 1 saturated heterocycles. The highest BCUT2D eigenvalue weighted by molar-refractivity contribution is 4.87. The Morgan fingerprint density at radius 1 is 1.17 bits per heavy atom. The molecule has 1 heterocycles. The second-order valence-corrected chi connectivity index (χ2v) is 3.63. The van der Waals surface area contributed by atoms with Gasteiger partial charge in [-0.15, -0.1) is 0 Å². The zero-order chi connectivity index (χ0) is 9.30. The molecule has 72 valence electrons. The molecule has 1 rings (SSSR count). The van der Waals surface area contributed by atoms with Crippen molar-refractivity contribution in [1.82, 2.24) is 0 Å². The first kappa shape index (κ1) is 9.96. The minimum absolute atomic E-state index is 0.0165. The Morgan fingerprint density at radius 3 is 2.25 bits per heavy atom. The summed E-state index contributed by atoms with van der Waals surface area (Å²) in [6.45, 7) is 5.77. The van der Waals surface area contributed by atoms with Gasteiger partial charge >= 0.3 is 0 Å². The summed E-state index contributed by atoms with van der Waals surface area (Å²) in [6, 6.07) is 0. The van der Waals surface area contributed by atoms with Crippen LogP contribution in [0.4, 0.5) is 0 Å². The van der Waals surface area contributed by atoms with Gasteiger partial charge in [-0.1, -0.05) is 13.8 Å². The average Bonchev–Trinajstić information content (AvgIpc) is 2.08. The van der Waals surface area contributed by atoms with Gasteiger partial charge in [0.15, 0.2) is 0 Å². The third kappa shape index (κ3) is 1.63. The molecule has 0 saturated carbocycles. The fourth-order valence-electron chi connectivity index (χ4n) is 1.63. The van der Waals surface area contributed by atoms with Gasteiger partial charge in [-0.05, 0) is 13.3 Å². The summed E-state index contributed by atoms with van der Waals surface area (Å²) in [7, 11) is 0. The molecular weight excluding hydrogens is 156 g/mol. The molecule has 1 fully saturated rings. The topological polar surface area (TPSA) is 49.7 Å². The van der Waals surface area contributed by atoms with Crippen LogP contribution >= 0.6 is 0 Å². The van der Waals surface area contributed by atoms with Crippen LogP contribution in [-0.2, 0) is 4.74 Å². The Kier molecular flexibility index (Phi) is 3.09. The fraction of sp³-hybridized carbons (Fsp3) is 1.00. The third-order valence-electron chi connectivity index (χ3n) is 2.80. The molecule has 0 radical (unpaired) electrons. The predicted octanol–water partition coefficient (Wildman–Crippen LogP) is 0.542. The average molecular weight is 174 g/mol. The molecule has 5 atom stereocenters. The van der Waals surface area contributed by atoms with E-state index in [-0.39, 0.29) is 18.1 Å². The van der Waals surface area contributed by atoms with Crippen molar-refractivity contribution in [3.8, 4) is 0 Å². The highest BCUT2D eigenvalue weighted by atomic mass is 16.5. The maximum atomic E-state index is 9.59. The van der Waals surface area contributed by atoms with Gasteiger partial charge in [0.25, 0.3) is 0 Å². The van der Waals surface area contributed by atoms with Gasteiger partial charge in [-0.3, -0.25) is 0 Å². The molecule has 0 amide bonds. The lowest BCUT2D eigenvalue weighted by Gasteiger charge is -2.40. The summed E-state index contributed by atoms with van der Waals surface area (Å²) in [4.78, 5) is 0. The lowest BCUT2D eigenvalue weighted by atomic mass is 9.88. The molecular formula is C9H18O3. The molecule has 0 aromatic rings. The van der Waals surface area contributed by atoms with E-state index in [4.69, 9.17) is 4.74 Å². The predicted molar refractivity (Wildman–Crippen MR) is 45.8 cm³/mol. The van der Waals surface area contributed by atoms with Crippen molar-refractivity contribution >= 4 is 0 Å². The fourth-order valence-corrected chi connectivity index (χ4v) is 1.63. The molecule has 0 aliphatic carbocycles. The van der Waals surface area contributed by atoms with Crippen LogP contribution in [0.5, 0.6) is 0 Å². The zero-order valence-corrected chi connectivity index (χ0v) is 7.90. The molecule has 1 aliphatic rings. The van der Waals surface area contributed by atoms with Gasteiger partial charge in [-0.2, -0.15) is 0 Å². The molecule has 0 aromatic carbocycles. The van der Waals surface area contributed by atoms with Crippen molar-refractivity contribution in [2.75, 3.05) is 0 Å². The largest absolute Gasteiger partial charge is 0.390 e. The van der Waals surface area contributed by atoms with Gasteiger partial charge in [0.1, 0.15) is 6.10 Å². The first-order chi connectivity index (χ1) is 5.57. The van der Waals surface area contributed by atoms with Crippen LogP contribution in [0.1, 0.15) is 27.2 Å². The standard InChI is InChI=1S/C9H18O3/c1-4-7-9(11)8(10)5(2)6(3)12-7/h5-11H,4H2,1-3H3/t5?,6-,7?,8?,9-/m1/s1. The summed E-state index contributed by atoms with van der Waals surface area (Å²) in [5, 5.41) is 19.1. The Labute approximate surface area is 73.4 Å². The SMILES string of the molecule is CCC1O[C@H](C)C(C)C(O)[C@@H]1O. The van der Waals surface area contributed by atoms with Crippen molar-refractivity contribution in [3.63, 3.8) is 0 Å². The van der Waals surface area contributed by atoms with Crippen LogP contribution in [0.25, 0.3) is 0 Å². The Balaban J connectivity index is 2.63. The van der Waals surface area contributed by atoms with Gasteiger partial charge in [0.05, 0.1) is 18.3 Å². The molecule has 0 aromatic heterocycles. The van der Waals surface area contributed by atoms with E-state index in [0.717, 1.165) is 6.42 Å². The smallest absolute Gasteiger partial charge is 0.106 e. The second-order valence-electron chi connectivity index (χ2n) is 3.63. The van der Waals surface area contributed by atoms with E-state index in [1.54, 1.807) is 0 Å². The summed E-state index contributed by atoms with van der Waals surface area (Å²) in [5.74, 6) is 0.0165. The van der Waals surface area contributed by atoms with Crippen LogP contribution in [0.2, 0.25) is 0 Å². The monoisotopic (exact) mass is 174 g/mol. The van der Waals surface area contributed by atoms with Gasteiger partial charge in [0.2, 0.25) is 0 Å². The minimum Gasteiger partial charge on any atom is -0.390 e.